The fourth-order valence-corrected chi connectivity index (χ4v) is 3.87. The lowest BCUT2D eigenvalue weighted by Gasteiger charge is -2.36. The van der Waals surface area contributed by atoms with E-state index in [1.54, 1.807) is 12.3 Å². The summed E-state index contributed by atoms with van der Waals surface area (Å²) >= 11 is 0. The van der Waals surface area contributed by atoms with Crippen molar-refractivity contribution in [1.29, 1.82) is 0 Å². The number of piperidine rings is 1. The van der Waals surface area contributed by atoms with E-state index < -0.39 is 12.1 Å². The van der Waals surface area contributed by atoms with E-state index in [-0.39, 0.29) is 23.7 Å². The van der Waals surface area contributed by atoms with Crippen molar-refractivity contribution in [3.63, 3.8) is 0 Å². The molecule has 0 aliphatic carbocycles. The quantitative estimate of drug-likeness (QED) is 0.688. The maximum atomic E-state index is 13.4. The molecular formula is C22H24F4N2O5. The van der Waals surface area contributed by atoms with Crippen molar-refractivity contribution in [2.24, 2.45) is 5.92 Å². The number of carbonyl (C=O) groups excluding carboxylic acids is 1. The molecule has 2 aromatic rings. The summed E-state index contributed by atoms with van der Waals surface area (Å²) in [6, 6.07) is 10.3. The van der Waals surface area contributed by atoms with Crippen LogP contribution in [0.2, 0.25) is 0 Å². The van der Waals surface area contributed by atoms with E-state index in [1.807, 2.05) is 23.1 Å². The van der Waals surface area contributed by atoms with Gasteiger partial charge in [-0.05, 0) is 42.8 Å². The average molecular weight is 472 g/mol. The number of fused-ring (bicyclic) bond motifs is 1. The van der Waals surface area contributed by atoms with Gasteiger partial charge in [-0.2, -0.15) is 13.2 Å². The summed E-state index contributed by atoms with van der Waals surface area (Å²) in [6.45, 7) is 3.78. The Kier molecular flexibility index (Phi) is 8.09. The van der Waals surface area contributed by atoms with E-state index in [9.17, 15) is 22.4 Å². The topological polar surface area (TPSA) is 83.2 Å². The van der Waals surface area contributed by atoms with Crippen LogP contribution in [0.5, 0.6) is 0 Å². The zero-order chi connectivity index (χ0) is 24.0. The minimum absolute atomic E-state index is 0.0938. The minimum atomic E-state index is -5.08. The van der Waals surface area contributed by atoms with Gasteiger partial charge in [-0.1, -0.05) is 12.1 Å². The van der Waals surface area contributed by atoms with Crippen molar-refractivity contribution < 1.29 is 41.4 Å². The number of carbonyl (C=O) groups is 2. The normalized spacial score (nSPS) is 21.6. The lowest BCUT2D eigenvalue weighted by molar-refractivity contribution is -0.192. The first kappa shape index (κ1) is 24.7. The molecule has 4 rings (SSSR count). The van der Waals surface area contributed by atoms with Crippen LogP contribution in [-0.4, -0.2) is 65.3 Å². The molecule has 1 amide bonds. The molecule has 3 heterocycles. The van der Waals surface area contributed by atoms with Crippen molar-refractivity contribution in [1.82, 2.24) is 9.80 Å². The number of amides is 1. The molecule has 2 saturated heterocycles. The molecule has 0 radical (unpaired) electrons. The molecule has 33 heavy (non-hydrogen) atoms. The third-order valence-corrected chi connectivity index (χ3v) is 5.43. The number of nitrogens with zero attached hydrogens (tertiary/aromatic N) is 2. The molecule has 1 N–H and O–H groups in total. The zero-order valence-electron chi connectivity index (χ0n) is 17.6. The summed E-state index contributed by atoms with van der Waals surface area (Å²) in [5, 5.41) is 7.12. The number of rotatable bonds is 4. The number of benzene rings is 1. The van der Waals surface area contributed by atoms with Crippen LogP contribution in [0.15, 0.2) is 47.1 Å². The molecule has 1 aromatic heterocycles. The van der Waals surface area contributed by atoms with Gasteiger partial charge in [0.1, 0.15) is 11.6 Å². The molecule has 2 aliphatic heterocycles. The molecule has 2 aliphatic rings. The predicted octanol–water partition coefficient (Wildman–Crippen LogP) is 3.30. The van der Waals surface area contributed by atoms with Crippen LogP contribution in [0.3, 0.4) is 0 Å². The second-order valence-corrected chi connectivity index (χ2v) is 7.81. The van der Waals surface area contributed by atoms with Crippen LogP contribution in [0.25, 0.3) is 0 Å². The van der Waals surface area contributed by atoms with E-state index in [2.05, 4.69) is 4.90 Å². The smallest absolute Gasteiger partial charge is 0.475 e. The van der Waals surface area contributed by atoms with Gasteiger partial charge in [-0.25, -0.2) is 9.18 Å². The third kappa shape index (κ3) is 7.03. The number of hydrogen-bond donors (Lipinski definition) is 1. The molecule has 0 bridgehead atoms. The third-order valence-electron chi connectivity index (χ3n) is 5.43. The van der Waals surface area contributed by atoms with Crippen molar-refractivity contribution in [2.75, 3.05) is 26.2 Å². The maximum absolute atomic E-state index is 13.4. The molecule has 180 valence electrons. The van der Waals surface area contributed by atoms with Gasteiger partial charge < -0.3 is 19.2 Å². The number of halogens is 4. The lowest BCUT2D eigenvalue weighted by Crippen LogP contribution is -2.48. The number of carboxylic acid groups (broad SMARTS) is 1. The Morgan fingerprint density at radius 3 is 2.55 bits per heavy atom. The van der Waals surface area contributed by atoms with Crippen LogP contribution < -0.4 is 0 Å². The molecule has 0 saturated carbocycles. The number of likely N-dealkylation sites (tertiary alicyclic amines) is 1. The van der Waals surface area contributed by atoms with Crippen LogP contribution in [0, 0.1) is 11.7 Å². The predicted molar refractivity (Wildman–Crippen MR) is 107 cm³/mol. The first-order valence-corrected chi connectivity index (χ1v) is 10.3. The van der Waals surface area contributed by atoms with Crippen LogP contribution in [0.4, 0.5) is 17.6 Å². The molecule has 0 unspecified atom stereocenters. The number of ether oxygens (including phenoxy) is 1. The second kappa shape index (κ2) is 10.8. The number of alkyl halides is 3. The first-order chi connectivity index (χ1) is 15.6. The van der Waals surface area contributed by atoms with Crippen molar-refractivity contribution >= 4 is 11.9 Å². The van der Waals surface area contributed by atoms with Crippen LogP contribution in [0.1, 0.15) is 17.7 Å². The van der Waals surface area contributed by atoms with E-state index in [0.717, 1.165) is 37.4 Å². The standard InChI is InChI=1S/C20H23FN2O3.C2HF3O2/c21-16-4-1-3-15(11-16)12-23-8-10-26-19-14-22(7-6-18(19)20(23)24)13-17-5-2-9-25-17;3-2(4,5)1(6)7/h1-5,9,11,18-19H,6-8,10,12-14H2;(H,6,7)/t18-,19+;/m1./s1. The highest BCUT2D eigenvalue weighted by molar-refractivity contribution is 5.80. The number of aliphatic carboxylic acids is 1. The van der Waals surface area contributed by atoms with Crippen LogP contribution in [-0.2, 0) is 27.4 Å². The van der Waals surface area contributed by atoms with Gasteiger partial charge in [-0.15, -0.1) is 0 Å². The molecule has 2 atom stereocenters. The Morgan fingerprint density at radius 2 is 1.91 bits per heavy atom. The highest BCUT2D eigenvalue weighted by Gasteiger charge is 2.39. The Balaban J connectivity index is 0.000000383. The SMILES string of the molecule is O=C(O)C(F)(F)F.O=C1[C@@H]2CCN(Cc3ccco3)C[C@@H]2OCCN1Cc1cccc(F)c1. The summed E-state index contributed by atoms with van der Waals surface area (Å²) in [7, 11) is 0. The number of hydrogen-bond acceptors (Lipinski definition) is 5. The zero-order valence-corrected chi connectivity index (χ0v) is 17.6. The molecule has 7 nitrogen and oxygen atoms in total. The van der Waals surface area contributed by atoms with Crippen LogP contribution >= 0.6 is 0 Å². The Morgan fingerprint density at radius 1 is 1.15 bits per heavy atom. The van der Waals surface area contributed by atoms with Crippen molar-refractivity contribution in [3.8, 4) is 0 Å². The van der Waals surface area contributed by atoms with Gasteiger partial charge >= 0.3 is 12.1 Å². The van der Waals surface area contributed by atoms with E-state index in [0.29, 0.717) is 19.7 Å². The maximum Gasteiger partial charge on any atom is 0.490 e. The van der Waals surface area contributed by atoms with Gasteiger partial charge in [0.25, 0.3) is 0 Å². The van der Waals surface area contributed by atoms with Gasteiger partial charge in [0.05, 0.1) is 31.4 Å². The van der Waals surface area contributed by atoms with E-state index in [4.69, 9.17) is 19.1 Å². The fourth-order valence-electron chi connectivity index (χ4n) is 3.87. The van der Waals surface area contributed by atoms with Gasteiger partial charge in [-0.3, -0.25) is 9.69 Å². The first-order valence-electron chi connectivity index (χ1n) is 10.3. The molecule has 2 fully saturated rings. The second-order valence-electron chi connectivity index (χ2n) is 7.81. The number of carboxylic acids is 1. The molecular weight excluding hydrogens is 448 g/mol. The monoisotopic (exact) mass is 472 g/mol. The Bertz CT molecular complexity index is 935. The van der Waals surface area contributed by atoms with E-state index >= 15 is 0 Å². The Hall–Kier alpha value is -2.92. The van der Waals surface area contributed by atoms with E-state index in [1.165, 1.54) is 12.1 Å². The number of furan rings is 1. The average Bonchev–Trinajstić information content (AvgIpc) is 3.20. The van der Waals surface area contributed by atoms with Crippen molar-refractivity contribution in [2.45, 2.75) is 31.8 Å². The van der Waals surface area contributed by atoms with Gasteiger partial charge in [0.15, 0.2) is 0 Å². The largest absolute Gasteiger partial charge is 0.490 e. The molecule has 1 aromatic carbocycles. The highest BCUT2D eigenvalue weighted by atomic mass is 19.4. The lowest BCUT2D eigenvalue weighted by atomic mass is 9.92. The summed E-state index contributed by atoms with van der Waals surface area (Å²) in [5.41, 5.74) is 0.812. The minimum Gasteiger partial charge on any atom is -0.475 e. The fraction of sp³-hybridized carbons (Fsp3) is 0.455. The summed E-state index contributed by atoms with van der Waals surface area (Å²) in [5.74, 6) is -2.11. The molecule has 0 spiro atoms. The van der Waals surface area contributed by atoms with Crippen molar-refractivity contribution in [3.05, 3.63) is 59.8 Å². The van der Waals surface area contributed by atoms with Gasteiger partial charge in [0.2, 0.25) is 5.91 Å². The summed E-state index contributed by atoms with van der Waals surface area (Å²) in [6.07, 6.45) is -2.73. The van der Waals surface area contributed by atoms with Gasteiger partial charge in [0, 0.05) is 19.6 Å². The molecule has 11 heteroatoms. The Labute approximate surface area is 187 Å². The summed E-state index contributed by atoms with van der Waals surface area (Å²) in [4.78, 5) is 26.0. The summed E-state index contributed by atoms with van der Waals surface area (Å²) < 4.78 is 56.6. The highest BCUT2D eigenvalue weighted by Crippen LogP contribution is 2.27.